The van der Waals surface area contributed by atoms with Gasteiger partial charge in [0.05, 0.1) is 33.4 Å². The third kappa shape index (κ3) is 6.16. The van der Waals surface area contributed by atoms with Gasteiger partial charge in [0, 0.05) is 31.2 Å². The minimum absolute atomic E-state index is 0.198. The molecule has 2 rings (SSSR count). The Morgan fingerprint density at radius 2 is 1.97 bits per heavy atom. The number of carbonyl (C=O) groups is 2. The van der Waals surface area contributed by atoms with Gasteiger partial charge in [-0.25, -0.2) is 9.78 Å². The van der Waals surface area contributed by atoms with E-state index in [9.17, 15) is 9.59 Å². The number of thiazole rings is 1. The Hall–Kier alpha value is -2.65. The molecular weight excluding hydrogens is 396 g/mol. The SMILES string of the molecule is CCOCCCN(Cc1nc(C(=O)OC)cs1)C(=O)c1ccc(OC)cc1OC. The number of amides is 1. The molecule has 1 aromatic heterocycles. The van der Waals surface area contributed by atoms with Gasteiger partial charge in [0.1, 0.15) is 16.5 Å². The molecule has 1 aromatic carbocycles. The highest BCUT2D eigenvalue weighted by atomic mass is 32.1. The van der Waals surface area contributed by atoms with Crippen LogP contribution in [-0.4, -0.2) is 62.8 Å². The molecule has 8 nitrogen and oxygen atoms in total. The van der Waals surface area contributed by atoms with Gasteiger partial charge in [-0.2, -0.15) is 0 Å². The van der Waals surface area contributed by atoms with E-state index in [4.69, 9.17) is 18.9 Å². The van der Waals surface area contributed by atoms with Crippen molar-refractivity contribution < 1.29 is 28.5 Å². The predicted octanol–water partition coefficient (Wildman–Crippen LogP) is 3.02. The maximum atomic E-state index is 13.2. The molecule has 2 aromatic rings. The quantitative estimate of drug-likeness (QED) is 0.406. The maximum Gasteiger partial charge on any atom is 0.357 e. The van der Waals surface area contributed by atoms with E-state index < -0.39 is 5.97 Å². The van der Waals surface area contributed by atoms with Gasteiger partial charge in [0.25, 0.3) is 5.91 Å². The summed E-state index contributed by atoms with van der Waals surface area (Å²) in [5.41, 5.74) is 0.658. The lowest BCUT2D eigenvalue weighted by Crippen LogP contribution is -2.32. The lowest BCUT2D eigenvalue weighted by Gasteiger charge is -2.23. The zero-order valence-electron chi connectivity index (χ0n) is 17.1. The zero-order chi connectivity index (χ0) is 21.2. The second-order valence-electron chi connectivity index (χ2n) is 5.96. The van der Waals surface area contributed by atoms with Gasteiger partial charge >= 0.3 is 5.97 Å². The third-order valence-electron chi connectivity index (χ3n) is 4.12. The van der Waals surface area contributed by atoms with Crippen LogP contribution in [0.5, 0.6) is 11.5 Å². The molecule has 0 saturated carbocycles. The monoisotopic (exact) mass is 422 g/mol. The van der Waals surface area contributed by atoms with Gasteiger partial charge in [-0.3, -0.25) is 4.79 Å². The van der Waals surface area contributed by atoms with Crippen LogP contribution in [-0.2, 0) is 16.0 Å². The minimum atomic E-state index is -0.501. The summed E-state index contributed by atoms with van der Waals surface area (Å²) >= 11 is 1.31. The summed E-state index contributed by atoms with van der Waals surface area (Å²) in [5, 5.41) is 2.26. The van der Waals surface area contributed by atoms with E-state index in [0.717, 1.165) is 0 Å². The van der Waals surface area contributed by atoms with Crippen molar-refractivity contribution >= 4 is 23.2 Å². The number of rotatable bonds is 11. The van der Waals surface area contributed by atoms with Crippen LogP contribution in [0.1, 0.15) is 39.2 Å². The van der Waals surface area contributed by atoms with Crippen LogP contribution in [0, 0.1) is 0 Å². The summed E-state index contributed by atoms with van der Waals surface area (Å²) in [6, 6.07) is 5.06. The summed E-state index contributed by atoms with van der Waals surface area (Å²) in [7, 11) is 4.37. The first kappa shape index (κ1) is 22.6. The molecule has 0 saturated heterocycles. The Labute approximate surface area is 174 Å². The number of nitrogens with zero attached hydrogens (tertiary/aromatic N) is 2. The normalized spacial score (nSPS) is 10.5. The van der Waals surface area contributed by atoms with E-state index in [2.05, 4.69) is 4.98 Å². The van der Waals surface area contributed by atoms with Crippen molar-refractivity contribution in [1.82, 2.24) is 9.88 Å². The molecule has 1 amide bonds. The van der Waals surface area contributed by atoms with Gasteiger partial charge in [-0.05, 0) is 25.5 Å². The molecule has 9 heteroatoms. The predicted molar refractivity (Wildman–Crippen MR) is 109 cm³/mol. The van der Waals surface area contributed by atoms with Crippen molar-refractivity contribution in [3.05, 3.63) is 39.8 Å². The van der Waals surface area contributed by atoms with Crippen molar-refractivity contribution in [2.45, 2.75) is 19.9 Å². The van der Waals surface area contributed by atoms with Crippen LogP contribution in [0.15, 0.2) is 23.6 Å². The molecular formula is C20H26N2O6S. The number of ether oxygens (including phenoxy) is 4. The second kappa shape index (κ2) is 11.4. The van der Waals surface area contributed by atoms with E-state index in [-0.39, 0.29) is 18.1 Å². The second-order valence-corrected chi connectivity index (χ2v) is 6.90. The maximum absolute atomic E-state index is 13.2. The number of hydrogen-bond acceptors (Lipinski definition) is 8. The molecule has 0 aliphatic heterocycles. The smallest absolute Gasteiger partial charge is 0.357 e. The molecule has 0 spiro atoms. The molecule has 0 bridgehead atoms. The number of hydrogen-bond donors (Lipinski definition) is 0. The molecule has 0 aliphatic rings. The van der Waals surface area contributed by atoms with E-state index in [0.29, 0.717) is 48.2 Å². The number of benzene rings is 1. The fourth-order valence-corrected chi connectivity index (χ4v) is 3.42. The summed E-state index contributed by atoms with van der Waals surface area (Å²) < 4.78 is 20.7. The standard InChI is InChI=1S/C20H26N2O6S/c1-5-28-10-6-9-22(12-18-21-16(13-29-18)20(24)27-4)19(23)15-8-7-14(25-2)11-17(15)26-3/h7-8,11,13H,5-6,9-10,12H2,1-4H3. The number of carbonyl (C=O) groups excluding carboxylic acids is 2. The zero-order valence-corrected chi connectivity index (χ0v) is 17.9. The van der Waals surface area contributed by atoms with Crippen molar-refractivity contribution in [2.24, 2.45) is 0 Å². The highest BCUT2D eigenvalue weighted by Crippen LogP contribution is 2.26. The summed E-state index contributed by atoms with van der Waals surface area (Å²) in [5.74, 6) is 0.330. The average molecular weight is 423 g/mol. The van der Waals surface area contributed by atoms with E-state index in [1.165, 1.54) is 25.6 Å². The third-order valence-corrected chi connectivity index (χ3v) is 4.95. The van der Waals surface area contributed by atoms with Crippen molar-refractivity contribution in [2.75, 3.05) is 41.1 Å². The van der Waals surface area contributed by atoms with Crippen molar-refractivity contribution in [3.63, 3.8) is 0 Å². The Balaban J connectivity index is 2.23. The highest BCUT2D eigenvalue weighted by Gasteiger charge is 2.22. The van der Waals surface area contributed by atoms with Crippen LogP contribution >= 0.6 is 11.3 Å². The fourth-order valence-electron chi connectivity index (χ4n) is 2.64. The molecule has 1 heterocycles. The highest BCUT2D eigenvalue weighted by molar-refractivity contribution is 7.09. The summed E-state index contributed by atoms with van der Waals surface area (Å²) in [4.78, 5) is 30.8. The number of methoxy groups -OCH3 is 3. The van der Waals surface area contributed by atoms with E-state index in [1.54, 1.807) is 35.6 Å². The molecule has 0 atom stereocenters. The van der Waals surface area contributed by atoms with E-state index >= 15 is 0 Å². The van der Waals surface area contributed by atoms with Crippen molar-refractivity contribution in [3.8, 4) is 11.5 Å². The summed E-state index contributed by atoms with van der Waals surface area (Å²) in [6.45, 7) is 3.83. The Kier molecular flexibility index (Phi) is 8.88. The Morgan fingerprint density at radius 1 is 1.17 bits per heavy atom. The molecule has 158 valence electrons. The number of aromatic nitrogens is 1. The first-order valence-corrected chi connectivity index (χ1v) is 10.0. The van der Waals surface area contributed by atoms with Crippen LogP contribution < -0.4 is 9.47 Å². The first-order chi connectivity index (χ1) is 14.0. The van der Waals surface area contributed by atoms with Crippen molar-refractivity contribution in [1.29, 1.82) is 0 Å². The molecule has 0 radical (unpaired) electrons. The minimum Gasteiger partial charge on any atom is -0.497 e. The molecule has 29 heavy (non-hydrogen) atoms. The molecule has 0 unspecified atom stereocenters. The van der Waals surface area contributed by atoms with Gasteiger partial charge < -0.3 is 23.8 Å². The van der Waals surface area contributed by atoms with Gasteiger partial charge in [-0.15, -0.1) is 11.3 Å². The van der Waals surface area contributed by atoms with E-state index in [1.807, 2.05) is 6.92 Å². The Morgan fingerprint density at radius 3 is 2.62 bits per heavy atom. The van der Waals surface area contributed by atoms with Gasteiger partial charge in [0.15, 0.2) is 5.69 Å². The number of esters is 1. The summed E-state index contributed by atoms with van der Waals surface area (Å²) in [6.07, 6.45) is 0.674. The molecule has 0 aliphatic carbocycles. The fraction of sp³-hybridized carbons (Fsp3) is 0.450. The van der Waals surface area contributed by atoms with Crippen LogP contribution in [0.25, 0.3) is 0 Å². The topological polar surface area (TPSA) is 87.2 Å². The lowest BCUT2D eigenvalue weighted by molar-refractivity contribution is 0.0594. The van der Waals surface area contributed by atoms with Crippen LogP contribution in [0.2, 0.25) is 0 Å². The lowest BCUT2D eigenvalue weighted by atomic mass is 10.1. The van der Waals surface area contributed by atoms with Crippen LogP contribution in [0.3, 0.4) is 0 Å². The van der Waals surface area contributed by atoms with Gasteiger partial charge in [-0.1, -0.05) is 0 Å². The largest absolute Gasteiger partial charge is 0.497 e. The molecule has 0 fully saturated rings. The van der Waals surface area contributed by atoms with Gasteiger partial charge in [0.2, 0.25) is 0 Å². The van der Waals surface area contributed by atoms with Crippen LogP contribution in [0.4, 0.5) is 0 Å². The first-order valence-electron chi connectivity index (χ1n) is 9.15. The average Bonchev–Trinajstić information content (AvgIpc) is 3.22. The Bertz CT molecular complexity index is 823. The molecule has 0 N–H and O–H groups in total.